The summed E-state index contributed by atoms with van der Waals surface area (Å²) in [5.41, 5.74) is 2.68. The Morgan fingerprint density at radius 3 is 2.26 bits per heavy atom. The summed E-state index contributed by atoms with van der Waals surface area (Å²) < 4.78 is 11.7. The van der Waals surface area contributed by atoms with Crippen LogP contribution in [0.5, 0.6) is 11.5 Å². The van der Waals surface area contributed by atoms with Crippen LogP contribution in [-0.2, 0) is 11.4 Å². The Morgan fingerprint density at radius 2 is 1.52 bits per heavy atom. The summed E-state index contributed by atoms with van der Waals surface area (Å²) in [7, 11) is 0. The lowest BCUT2D eigenvalue weighted by Crippen LogP contribution is -2.30. The molecule has 1 atom stereocenters. The smallest absolute Gasteiger partial charge is 0.265 e. The van der Waals surface area contributed by atoms with E-state index >= 15 is 0 Å². The van der Waals surface area contributed by atoms with E-state index in [4.69, 9.17) is 9.47 Å². The van der Waals surface area contributed by atoms with E-state index in [0.29, 0.717) is 23.8 Å². The number of benzene rings is 3. The third-order valence-corrected chi connectivity index (χ3v) is 4.15. The Kier molecular flexibility index (Phi) is 6.10. The lowest BCUT2D eigenvalue weighted by molar-refractivity contribution is -0.122. The lowest BCUT2D eigenvalue weighted by Gasteiger charge is -2.17. The minimum absolute atomic E-state index is 0.228. The van der Waals surface area contributed by atoms with Crippen LogP contribution < -0.4 is 14.8 Å². The van der Waals surface area contributed by atoms with E-state index in [0.717, 1.165) is 11.1 Å². The molecule has 0 aliphatic carbocycles. The number of carbonyl (C=O) groups excluding carboxylic acids is 1. The molecule has 1 N–H and O–H groups in total. The second kappa shape index (κ2) is 8.90. The zero-order valence-corrected chi connectivity index (χ0v) is 15.5. The molecule has 0 saturated carbocycles. The lowest BCUT2D eigenvalue weighted by atomic mass is 10.2. The standard InChI is InChI=1S/C23H23NO3/c1-17-10-6-8-14-21(17)27-18(2)23(25)24-20-13-7-9-15-22(20)26-16-19-11-4-3-5-12-19/h3-15,18H,16H2,1-2H3,(H,24,25). The molecule has 4 nitrogen and oxygen atoms in total. The first-order valence-corrected chi connectivity index (χ1v) is 8.92. The molecule has 0 aliphatic heterocycles. The maximum atomic E-state index is 12.6. The number of amides is 1. The van der Waals surface area contributed by atoms with E-state index in [2.05, 4.69) is 5.32 Å². The van der Waals surface area contributed by atoms with Crippen LogP contribution in [-0.4, -0.2) is 12.0 Å². The Hall–Kier alpha value is -3.27. The van der Waals surface area contributed by atoms with Crippen molar-refractivity contribution in [3.63, 3.8) is 0 Å². The highest BCUT2D eigenvalue weighted by Crippen LogP contribution is 2.25. The Labute approximate surface area is 159 Å². The summed E-state index contributed by atoms with van der Waals surface area (Å²) in [6.07, 6.45) is -0.631. The summed E-state index contributed by atoms with van der Waals surface area (Å²) in [6, 6.07) is 24.9. The van der Waals surface area contributed by atoms with Crippen molar-refractivity contribution in [2.24, 2.45) is 0 Å². The minimum atomic E-state index is -0.631. The highest BCUT2D eigenvalue weighted by molar-refractivity contribution is 5.95. The van der Waals surface area contributed by atoms with E-state index < -0.39 is 6.10 Å². The number of para-hydroxylation sites is 3. The van der Waals surface area contributed by atoms with Gasteiger partial charge in [-0.15, -0.1) is 0 Å². The van der Waals surface area contributed by atoms with Gasteiger partial charge in [-0.05, 0) is 43.2 Å². The number of hydrogen-bond donors (Lipinski definition) is 1. The van der Waals surface area contributed by atoms with E-state index in [1.165, 1.54) is 0 Å². The van der Waals surface area contributed by atoms with Gasteiger partial charge in [0.05, 0.1) is 5.69 Å². The van der Waals surface area contributed by atoms with E-state index in [1.54, 1.807) is 6.92 Å². The van der Waals surface area contributed by atoms with Crippen molar-refractivity contribution in [1.82, 2.24) is 0 Å². The number of carbonyl (C=O) groups is 1. The molecule has 0 bridgehead atoms. The molecule has 0 radical (unpaired) electrons. The SMILES string of the molecule is Cc1ccccc1OC(C)C(=O)Nc1ccccc1OCc1ccccc1. The van der Waals surface area contributed by atoms with Crippen LogP contribution in [0, 0.1) is 6.92 Å². The highest BCUT2D eigenvalue weighted by atomic mass is 16.5. The summed E-state index contributed by atoms with van der Waals surface area (Å²) in [5, 5.41) is 2.90. The van der Waals surface area contributed by atoms with Crippen molar-refractivity contribution in [3.05, 3.63) is 90.0 Å². The zero-order chi connectivity index (χ0) is 19.1. The molecule has 0 aromatic heterocycles. The molecule has 3 aromatic carbocycles. The van der Waals surface area contributed by atoms with Gasteiger partial charge in [0.2, 0.25) is 0 Å². The van der Waals surface area contributed by atoms with Crippen molar-refractivity contribution in [3.8, 4) is 11.5 Å². The fourth-order valence-corrected chi connectivity index (χ4v) is 2.60. The van der Waals surface area contributed by atoms with Gasteiger partial charge in [-0.1, -0.05) is 60.7 Å². The van der Waals surface area contributed by atoms with Gasteiger partial charge < -0.3 is 14.8 Å². The molecule has 1 unspecified atom stereocenters. The summed E-state index contributed by atoms with van der Waals surface area (Å²) >= 11 is 0. The number of rotatable bonds is 7. The Bertz CT molecular complexity index is 893. The molecular formula is C23H23NO3. The van der Waals surface area contributed by atoms with Crippen LogP contribution in [0.15, 0.2) is 78.9 Å². The molecule has 3 rings (SSSR count). The van der Waals surface area contributed by atoms with E-state index in [1.807, 2.05) is 85.8 Å². The van der Waals surface area contributed by atoms with Gasteiger partial charge in [0, 0.05) is 0 Å². The zero-order valence-electron chi connectivity index (χ0n) is 15.5. The quantitative estimate of drug-likeness (QED) is 0.646. The van der Waals surface area contributed by atoms with Crippen LogP contribution in [0.1, 0.15) is 18.1 Å². The Balaban J connectivity index is 1.64. The first-order chi connectivity index (χ1) is 13.1. The maximum absolute atomic E-state index is 12.6. The molecule has 0 heterocycles. The number of hydrogen-bond acceptors (Lipinski definition) is 3. The van der Waals surface area contributed by atoms with Gasteiger partial charge in [0.15, 0.2) is 6.10 Å². The van der Waals surface area contributed by atoms with E-state index in [9.17, 15) is 4.79 Å². The fourth-order valence-electron chi connectivity index (χ4n) is 2.60. The second-order valence-electron chi connectivity index (χ2n) is 6.29. The Morgan fingerprint density at radius 1 is 0.889 bits per heavy atom. The molecule has 0 spiro atoms. The van der Waals surface area contributed by atoms with Gasteiger partial charge >= 0.3 is 0 Å². The number of nitrogens with one attached hydrogen (secondary N) is 1. The molecule has 27 heavy (non-hydrogen) atoms. The van der Waals surface area contributed by atoms with Crippen molar-refractivity contribution in [2.45, 2.75) is 26.6 Å². The predicted molar refractivity (Wildman–Crippen MR) is 107 cm³/mol. The third-order valence-electron chi connectivity index (χ3n) is 4.15. The monoisotopic (exact) mass is 361 g/mol. The first-order valence-electron chi connectivity index (χ1n) is 8.92. The van der Waals surface area contributed by atoms with Crippen molar-refractivity contribution in [2.75, 3.05) is 5.32 Å². The van der Waals surface area contributed by atoms with Gasteiger partial charge in [-0.25, -0.2) is 0 Å². The highest BCUT2D eigenvalue weighted by Gasteiger charge is 2.17. The summed E-state index contributed by atoms with van der Waals surface area (Å²) in [5.74, 6) is 1.10. The molecular weight excluding hydrogens is 338 g/mol. The van der Waals surface area contributed by atoms with Crippen LogP contribution in [0.25, 0.3) is 0 Å². The first kappa shape index (κ1) is 18.5. The van der Waals surface area contributed by atoms with Gasteiger partial charge in [-0.2, -0.15) is 0 Å². The van der Waals surface area contributed by atoms with Gasteiger partial charge in [0.1, 0.15) is 18.1 Å². The van der Waals surface area contributed by atoms with Gasteiger partial charge in [0.25, 0.3) is 5.91 Å². The summed E-state index contributed by atoms with van der Waals surface area (Å²) in [6.45, 7) is 4.12. The third kappa shape index (κ3) is 5.11. The molecule has 0 fully saturated rings. The normalized spacial score (nSPS) is 11.5. The van der Waals surface area contributed by atoms with Crippen LogP contribution in [0.4, 0.5) is 5.69 Å². The maximum Gasteiger partial charge on any atom is 0.265 e. The number of ether oxygens (including phenoxy) is 2. The average Bonchev–Trinajstić information content (AvgIpc) is 2.70. The topological polar surface area (TPSA) is 47.6 Å². The molecule has 0 saturated heterocycles. The molecule has 1 amide bonds. The largest absolute Gasteiger partial charge is 0.487 e. The van der Waals surface area contributed by atoms with E-state index in [-0.39, 0.29) is 5.91 Å². The molecule has 0 aliphatic rings. The fraction of sp³-hybridized carbons (Fsp3) is 0.174. The van der Waals surface area contributed by atoms with Crippen molar-refractivity contribution >= 4 is 11.6 Å². The number of anilines is 1. The van der Waals surface area contributed by atoms with Crippen LogP contribution in [0.3, 0.4) is 0 Å². The summed E-state index contributed by atoms with van der Waals surface area (Å²) in [4.78, 5) is 12.6. The minimum Gasteiger partial charge on any atom is -0.487 e. The molecule has 4 heteroatoms. The van der Waals surface area contributed by atoms with Gasteiger partial charge in [-0.3, -0.25) is 4.79 Å². The average molecular weight is 361 g/mol. The van der Waals surface area contributed by atoms with Crippen molar-refractivity contribution in [1.29, 1.82) is 0 Å². The van der Waals surface area contributed by atoms with Crippen LogP contribution in [0.2, 0.25) is 0 Å². The predicted octanol–water partition coefficient (Wildman–Crippen LogP) is 4.98. The van der Waals surface area contributed by atoms with Crippen molar-refractivity contribution < 1.29 is 14.3 Å². The van der Waals surface area contributed by atoms with Crippen LogP contribution >= 0.6 is 0 Å². The molecule has 3 aromatic rings. The molecule has 138 valence electrons. The number of aryl methyl sites for hydroxylation is 1. The second-order valence-corrected chi connectivity index (χ2v) is 6.29.